The number of nitrogens with zero attached hydrogens (tertiary/aromatic N) is 1. The molecular formula is C25H29FN4O. The third-order valence-corrected chi connectivity index (χ3v) is 6.23. The van der Waals surface area contributed by atoms with Gasteiger partial charge in [0.1, 0.15) is 11.6 Å². The van der Waals surface area contributed by atoms with Crippen LogP contribution in [0.3, 0.4) is 0 Å². The Balaban J connectivity index is 1.52. The van der Waals surface area contributed by atoms with Gasteiger partial charge in [0.15, 0.2) is 0 Å². The maximum absolute atomic E-state index is 13.3. The number of carbonyl (C=O) groups is 1. The normalized spacial score (nSPS) is 19.7. The van der Waals surface area contributed by atoms with E-state index in [9.17, 15) is 9.18 Å². The number of hydrogen-bond donors (Lipinski definition) is 3. The number of aromatic nitrogens is 2. The molecule has 1 amide bonds. The van der Waals surface area contributed by atoms with Crippen LogP contribution in [-0.2, 0) is 11.2 Å². The lowest BCUT2D eigenvalue weighted by Crippen LogP contribution is -2.37. The monoisotopic (exact) mass is 420 g/mol. The zero-order chi connectivity index (χ0) is 21.6. The van der Waals surface area contributed by atoms with Crippen molar-refractivity contribution >= 4 is 5.91 Å². The number of benzene rings is 2. The van der Waals surface area contributed by atoms with Gasteiger partial charge in [-0.15, -0.1) is 0 Å². The van der Waals surface area contributed by atoms with Crippen LogP contribution in [0.5, 0.6) is 0 Å². The fourth-order valence-corrected chi connectivity index (χ4v) is 4.31. The lowest BCUT2D eigenvalue weighted by molar-refractivity contribution is -0.127. The zero-order valence-corrected chi connectivity index (χ0v) is 17.6. The van der Waals surface area contributed by atoms with Crippen LogP contribution in [0.1, 0.15) is 43.1 Å². The van der Waals surface area contributed by atoms with Crippen LogP contribution in [0.4, 0.5) is 4.39 Å². The van der Waals surface area contributed by atoms with Gasteiger partial charge in [-0.3, -0.25) is 4.79 Å². The Bertz CT molecular complexity index is 978. The first-order valence-electron chi connectivity index (χ1n) is 11.0. The Morgan fingerprint density at radius 1 is 1.10 bits per heavy atom. The van der Waals surface area contributed by atoms with Crippen LogP contribution in [0.15, 0.2) is 60.8 Å². The van der Waals surface area contributed by atoms with Crippen molar-refractivity contribution in [2.75, 3.05) is 6.54 Å². The van der Waals surface area contributed by atoms with Crippen LogP contribution < -0.4 is 11.1 Å². The molecule has 0 unspecified atom stereocenters. The van der Waals surface area contributed by atoms with Gasteiger partial charge in [0.25, 0.3) is 0 Å². The quantitative estimate of drug-likeness (QED) is 0.530. The molecule has 1 heterocycles. The number of carbonyl (C=O) groups excluding carboxylic acids is 1. The summed E-state index contributed by atoms with van der Waals surface area (Å²) in [6, 6.07) is 16.1. The van der Waals surface area contributed by atoms with Gasteiger partial charge in [0, 0.05) is 5.92 Å². The molecule has 1 aromatic heterocycles. The van der Waals surface area contributed by atoms with E-state index in [4.69, 9.17) is 5.73 Å². The Morgan fingerprint density at radius 3 is 2.48 bits per heavy atom. The second-order valence-electron chi connectivity index (χ2n) is 8.39. The van der Waals surface area contributed by atoms with Crippen molar-refractivity contribution < 1.29 is 9.18 Å². The Morgan fingerprint density at radius 2 is 1.81 bits per heavy atom. The summed E-state index contributed by atoms with van der Waals surface area (Å²) in [4.78, 5) is 20.9. The molecule has 2 aromatic carbocycles. The highest BCUT2D eigenvalue weighted by molar-refractivity contribution is 5.79. The molecule has 1 saturated carbocycles. The summed E-state index contributed by atoms with van der Waals surface area (Å²) >= 11 is 0. The molecule has 31 heavy (non-hydrogen) atoms. The number of amides is 1. The van der Waals surface area contributed by atoms with Gasteiger partial charge in [-0.25, -0.2) is 9.37 Å². The number of rotatable bonds is 7. The summed E-state index contributed by atoms with van der Waals surface area (Å²) in [5.74, 6) is 1.06. The predicted molar refractivity (Wildman–Crippen MR) is 120 cm³/mol. The number of aromatic amines is 1. The molecule has 162 valence electrons. The molecular weight excluding hydrogens is 391 g/mol. The van der Waals surface area contributed by atoms with Crippen molar-refractivity contribution in [2.45, 2.75) is 38.1 Å². The van der Waals surface area contributed by atoms with Gasteiger partial charge < -0.3 is 16.0 Å². The number of imidazole rings is 1. The van der Waals surface area contributed by atoms with Crippen molar-refractivity contribution in [2.24, 2.45) is 17.6 Å². The van der Waals surface area contributed by atoms with Crippen molar-refractivity contribution in [3.63, 3.8) is 0 Å². The SMILES string of the molecule is NCC1CCC(C(=O)N[C@@H](Cc2ccccc2)c2ncc(-c3ccc(F)cc3)[nH]2)CC1. The van der Waals surface area contributed by atoms with Crippen LogP contribution >= 0.6 is 0 Å². The predicted octanol–water partition coefficient (Wildman–Crippen LogP) is 4.38. The van der Waals surface area contributed by atoms with Gasteiger partial charge >= 0.3 is 0 Å². The van der Waals surface area contributed by atoms with E-state index < -0.39 is 0 Å². The zero-order valence-electron chi connectivity index (χ0n) is 17.6. The molecule has 1 fully saturated rings. The fourth-order valence-electron chi connectivity index (χ4n) is 4.31. The van der Waals surface area contributed by atoms with Gasteiger partial charge in [0.05, 0.1) is 17.9 Å². The fraction of sp³-hybridized carbons (Fsp3) is 0.360. The molecule has 6 heteroatoms. The van der Waals surface area contributed by atoms with Crippen LogP contribution in [-0.4, -0.2) is 22.4 Å². The molecule has 1 atom stereocenters. The number of nitrogens with one attached hydrogen (secondary N) is 2. The van der Waals surface area contributed by atoms with Crippen LogP contribution in [0.25, 0.3) is 11.3 Å². The van der Waals surface area contributed by atoms with Gasteiger partial charge in [-0.1, -0.05) is 30.3 Å². The second kappa shape index (κ2) is 9.88. The number of halogens is 1. The first-order valence-corrected chi connectivity index (χ1v) is 11.0. The third kappa shape index (κ3) is 5.39. The van der Waals surface area contributed by atoms with E-state index in [1.54, 1.807) is 18.3 Å². The highest BCUT2D eigenvalue weighted by atomic mass is 19.1. The van der Waals surface area contributed by atoms with E-state index >= 15 is 0 Å². The summed E-state index contributed by atoms with van der Waals surface area (Å²) in [7, 11) is 0. The van der Waals surface area contributed by atoms with Crippen molar-refractivity contribution in [3.05, 3.63) is 78.0 Å². The molecule has 5 nitrogen and oxygen atoms in total. The molecule has 0 saturated heterocycles. The average molecular weight is 421 g/mol. The summed E-state index contributed by atoms with van der Waals surface area (Å²) in [5.41, 5.74) is 8.57. The van der Waals surface area contributed by atoms with Crippen LogP contribution in [0, 0.1) is 17.7 Å². The minimum atomic E-state index is -0.276. The molecule has 1 aliphatic carbocycles. The molecule has 4 N–H and O–H groups in total. The van der Waals surface area contributed by atoms with Crippen molar-refractivity contribution in [1.29, 1.82) is 0 Å². The van der Waals surface area contributed by atoms with E-state index in [2.05, 4.69) is 27.4 Å². The molecule has 4 rings (SSSR count). The number of nitrogens with two attached hydrogens (primary N) is 1. The first-order chi connectivity index (χ1) is 15.1. The summed E-state index contributed by atoms with van der Waals surface area (Å²) in [5, 5.41) is 3.23. The number of hydrogen-bond acceptors (Lipinski definition) is 3. The summed E-state index contributed by atoms with van der Waals surface area (Å²) in [6.45, 7) is 0.698. The Hall–Kier alpha value is -2.99. The lowest BCUT2D eigenvalue weighted by atomic mass is 9.81. The van der Waals surface area contributed by atoms with E-state index in [1.165, 1.54) is 12.1 Å². The van der Waals surface area contributed by atoms with E-state index in [1.807, 2.05) is 18.2 Å². The molecule has 3 aromatic rings. The van der Waals surface area contributed by atoms with Crippen molar-refractivity contribution in [1.82, 2.24) is 15.3 Å². The largest absolute Gasteiger partial charge is 0.346 e. The lowest BCUT2D eigenvalue weighted by Gasteiger charge is -2.28. The Labute approximate surface area is 182 Å². The highest BCUT2D eigenvalue weighted by Gasteiger charge is 2.28. The molecule has 1 aliphatic rings. The van der Waals surface area contributed by atoms with Gasteiger partial charge in [0.2, 0.25) is 5.91 Å². The maximum atomic E-state index is 13.3. The molecule has 0 radical (unpaired) electrons. The standard InChI is InChI=1S/C25H29FN4O/c26-21-12-10-19(11-13-21)23-16-28-24(29-23)22(14-17-4-2-1-3-5-17)30-25(31)20-8-6-18(15-27)7-9-20/h1-5,10-13,16,18,20,22H,6-9,14-15,27H2,(H,28,29)(H,30,31)/t18?,20?,22-/m0/s1. The van der Waals surface area contributed by atoms with Crippen molar-refractivity contribution in [3.8, 4) is 11.3 Å². The minimum absolute atomic E-state index is 0.0209. The minimum Gasteiger partial charge on any atom is -0.346 e. The van der Waals surface area contributed by atoms with E-state index in [-0.39, 0.29) is 23.7 Å². The summed E-state index contributed by atoms with van der Waals surface area (Å²) in [6.07, 6.45) is 6.15. The highest BCUT2D eigenvalue weighted by Crippen LogP contribution is 2.29. The average Bonchev–Trinajstić information content (AvgIpc) is 3.30. The topological polar surface area (TPSA) is 83.8 Å². The number of H-pyrrole nitrogens is 1. The Kier molecular flexibility index (Phi) is 6.77. The second-order valence-corrected chi connectivity index (χ2v) is 8.39. The molecule has 0 bridgehead atoms. The van der Waals surface area contributed by atoms with E-state index in [0.29, 0.717) is 24.7 Å². The van der Waals surface area contributed by atoms with Gasteiger partial charge in [-0.2, -0.15) is 0 Å². The van der Waals surface area contributed by atoms with Crippen LogP contribution in [0.2, 0.25) is 0 Å². The maximum Gasteiger partial charge on any atom is 0.223 e. The smallest absolute Gasteiger partial charge is 0.223 e. The van der Waals surface area contributed by atoms with Gasteiger partial charge in [-0.05, 0) is 80.0 Å². The molecule has 0 aliphatic heterocycles. The van der Waals surface area contributed by atoms with E-state index in [0.717, 1.165) is 42.5 Å². The summed E-state index contributed by atoms with van der Waals surface area (Å²) < 4.78 is 13.3. The third-order valence-electron chi connectivity index (χ3n) is 6.23. The first kappa shape index (κ1) is 21.2. The molecule has 0 spiro atoms.